The lowest BCUT2D eigenvalue weighted by Gasteiger charge is -2.18. The van der Waals surface area contributed by atoms with Gasteiger partial charge in [0.25, 0.3) is 0 Å². The number of hydrogen-bond acceptors (Lipinski definition) is 5. The lowest BCUT2D eigenvalue weighted by atomic mass is 9.96. The molecule has 0 fully saturated rings. The van der Waals surface area contributed by atoms with E-state index < -0.39 is 15.4 Å². The van der Waals surface area contributed by atoms with E-state index >= 15 is 0 Å². The van der Waals surface area contributed by atoms with Crippen molar-refractivity contribution in [2.24, 2.45) is 5.41 Å². The molecule has 0 heterocycles. The molecule has 0 aliphatic carbocycles. The van der Waals surface area contributed by atoms with E-state index in [4.69, 9.17) is 4.74 Å². The fraction of sp³-hybridized carbons (Fsp3) is 0.529. The van der Waals surface area contributed by atoms with E-state index in [2.05, 4.69) is 10.6 Å². The van der Waals surface area contributed by atoms with Crippen LogP contribution in [0.15, 0.2) is 23.1 Å². The maximum Gasteiger partial charge on any atom is 0.242 e. The molecule has 2 N–H and O–H groups in total. The molecule has 0 radical (unpaired) electrons. The number of carbonyl (C=O) groups excluding carboxylic acids is 2. The number of carbonyl (C=O) groups is 2. The molecule has 26 heavy (non-hydrogen) atoms. The molecule has 0 atom stereocenters. The van der Waals surface area contributed by atoms with Crippen molar-refractivity contribution in [2.45, 2.75) is 32.1 Å². The summed E-state index contributed by atoms with van der Waals surface area (Å²) in [5, 5.41) is 5.31. The number of ether oxygens (including phenoxy) is 1. The second kappa shape index (κ2) is 8.50. The van der Waals surface area contributed by atoms with Gasteiger partial charge in [0.05, 0.1) is 17.7 Å². The SMILES string of the molecule is COc1ccc(S(=O)(=O)N(C)C)cc1NC(=O)CCNC(=O)C(C)(C)C. The molecule has 0 saturated heterocycles. The number of anilines is 1. The van der Waals surface area contributed by atoms with Crippen LogP contribution in [-0.2, 0) is 19.6 Å². The molecule has 2 amide bonds. The Morgan fingerprint density at radius 1 is 1.19 bits per heavy atom. The van der Waals surface area contributed by atoms with Crippen LogP contribution in [-0.4, -0.2) is 52.3 Å². The predicted octanol–water partition coefficient (Wildman–Crippen LogP) is 1.44. The van der Waals surface area contributed by atoms with E-state index in [1.807, 2.05) is 0 Å². The van der Waals surface area contributed by atoms with Crippen LogP contribution in [0.3, 0.4) is 0 Å². The van der Waals surface area contributed by atoms with Crippen LogP contribution >= 0.6 is 0 Å². The maximum atomic E-state index is 12.2. The monoisotopic (exact) mass is 385 g/mol. The summed E-state index contributed by atoms with van der Waals surface area (Å²) in [5.74, 6) is -0.173. The summed E-state index contributed by atoms with van der Waals surface area (Å²) in [7, 11) is 0.643. The first kappa shape index (κ1) is 21.9. The Labute approximate surface area is 155 Å². The quantitative estimate of drug-likeness (QED) is 0.739. The highest BCUT2D eigenvalue weighted by Crippen LogP contribution is 2.28. The summed E-state index contributed by atoms with van der Waals surface area (Å²) >= 11 is 0. The van der Waals surface area contributed by atoms with Gasteiger partial charge in [0.2, 0.25) is 21.8 Å². The summed E-state index contributed by atoms with van der Waals surface area (Å²) in [4.78, 5) is 24.0. The molecule has 0 bridgehead atoms. The van der Waals surface area contributed by atoms with Gasteiger partial charge in [-0.1, -0.05) is 20.8 Å². The Hall–Kier alpha value is -2.13. The first-order valence-corrected chi connectivity index (χ1v) is 9.52. The second-order valence-corrected chi connectivity index (χ2v) is 9.11. The third-order valence-corrected chi connectivity index (χ3v) is 5.35. The summed E-state index contributed by atoms with van der Waals surface area (Å²) in [6.45, 7) is 5.53. The number of nitrogens with one attached hydrogen (secondary N) is 2. The summed E-state index contributed by atoms with van der Waals surface area (Å²) in [6.07, 6.45) is 0.0512. The van der Waals surface area contributed by atoms with Crippen molar-refractivity contribution >= 4 is 27.5 Å². The largest absolute Gasteiger partial charge is 0.495 e. The number of hydrogen-bond donors (Lipinski definition) is 2. The first-order valence-electron chi connectivity index (χ1n) is 8.08. The van der Waals surface area contributed by atoms with Crippen LogP contribution in [0.25, 0.3) is 0 Å². The molecule has 9 heteroatoms. The van der Waals surface area contributed by atoms with Crippen molar-refractivity contribution in [2.75, 3.05) is 33.1 Å². The van der Waals surface area contributed by atoms with E-state index in [0.717, 1.165) is 4.31 Å². The van der Waals surface area contributed by atoms with Gasteiger partial charge in [-0.15, -0.1) is 0 Å². The van der Waals surface area contributed by atoms with Gasteiger partial charge in [-0.25, -0.2) is 12.7 Å². The minimum absolute atomic E-state index is 0.0413. The van der Waals surface area contributed by atoms with Gasteiger partial charge >= 0.3 is 0 Å². The lowest BCUT2D eigenvalue weighted by molar-refractivity contribution is -0.128. The summed E-state index contributed by atoms with van der Waals surface area (Å²) in [5.41, 5.74) is -0.281. The zero-order valence-electron chi connectivity index (χ0n) is 16.0. The van der Waals surface area contributed by atoms with E-state index in [0.29, 0.717) is 5.75 Å². The van der Waals surface area contributed by atoms with Crippen molar-refractivity contribution < 1.29 is 22.7 Å². The molecule has 0 saturated carbocycles. The fourth-order valence-electron chi connectivity index (χ4n) is 1.92. The molecular formula is C17H27N3O5S. The van der Waals surface area contributed by atoms with Crippen molar-refractivity contribution in [3.8, 4) is 5.75 Å². The highest BCUT2D eigenvalue weighted by Gasteiger charge is 2.21. The second-order valence-electron chi connectivity index (χ2n) is 6.95. The number of benzene rings is 1. The Bertz CT molecular complexity index is 767. The average Bonchev–Trinajstić information content (AvgIpc) is 2.53. The number of nitrogens with zero attached hydrogens (tertiary/aromatic N) is 1. The highest BCUT2D eigenvalue weighted by atomic mass is 32.2. The van der Waals surface area contributed by atoms with Crippen molar-refractivity contribution in [1.82, 2.24) is 9.62 Å². The Morgan fingerprint density at radius 3 is 2.31 bits per heavy atom. The smallest absolute Gasteiger partial charge is 0.242 e. The Morgan fingerprint density at radius 2 is 1.81 bits per heavy atom. The fourth-order valence-corrected chi connectivity index (χ4v) is 2.85. The summed E-state index contributed by atoms with van der Waals surface area (Å²) < 4.78 is 30.7. The van der Waals surface area contributed by atoms with Crippen LogP contribution < -0.4 is 15.4 Å². The van der Waals surface area contributed by atoms with Crippen LogP contribution in [0, 0.1) is 5.41 Å². The van der Waals surface area contributed by atoms with Gasteiger partial charge in [0, 0.05) is 32.5 Å². The van der Waals surface area contributed by atoms with Gasteiger partial charge in [-0.05, 0) is 18.2 Å². The van der Waals surface area contributed by atoms with Crippen molar-refractivity contribution in [3.63, 3.8) is 0 Å². The maximum absolute atomic E-state index is 12.2. The molecule has 0 unspecified atom stereocenters. The molecule has 8 nitrogen and oxygen atoms in total. The molecule has 0 aliphatic heterocycles. The third kappa shape index (κ3) is 5.70. The number of sulfonamides is 1. The summed E-state index contributed by atoms with van der Waals surface area (Å²) in [6, 6.07) is 4.24. The molecular weight excluding hydrogens is 358 g/mol. The molecule has 1 aromatic rings. The lowest BCUT2D eigenvalue weighted by Crippen LogP contribution is -2.36. The van der Waals surface area contributed by atoms with E-state index in [9.17, 15) is 18.0 Å². The van der Waals surface area contributed by atoms with Gasteiger partial charge in [-0.3, -0.25) is 9.59 Å². The topological polar surface area (TPSA) is 105 Å². The van der Waals surface area contributed by atoms with Gasteiger partial charge in [0.1, 0.15) is 5.75 Å². The minimum atomic E-state index is -3.64. The minimum Gasteiger partial charge on any atom is -0.495 e. The molecule has 0 aromatic heterocycles. The van der Waals surface area contributed by atoms with Gasteiger partial charge < -0.3 is 15.4 Å². The van der Waals surface area contributed by atoms with E-state index in [1.54, 1.807) is 20.8 Å². The molecule has 0 aliphatic rings. The number of amides is 2. The van der Waals surface area contributed by atoms with Gasteiger partial charge in [0.15, 0.2) is 0 Å². The normalized spacial score (nSPS) is 12.0. The molecule has 1 aromatic carbocycles. The van der Waals surface area contributed by atoms with E-state index in [-0.39, 0.29) is 35.4 Å². The Balaban J connectivity index is 2.85. The van der Waals surface area contributed by atoms with E-state index in [1.165, 1.54) is 39.4 Å². The van der Waals surface area contributed by atoms with Crippen molar-refractivity contribution in [3.05, 3.63) is 18.2 Å². The third-order valence-electron chi connectivity index (χ3n) is 3.54. The van der Waals surface area contributed by atoms with Crippen LogP contribution in [0.4, 0.5) is 5.69 Å². The standard InChI is InChI=1S/C17H27N3O5S/c1-17(2,3)16(22)18-10-9-15(21)19-13-11-12(7-8-14(13)25-6)26(23,24)20(4)5/h7-8,11H,9-10H2,1-6H3,(H,18,22)(H,19,21). The molecule has 0 spiro atoms. The Kier molecular flexibility index (Phi) is 7.16. The predicted molar refractivity (Wildman–Crippen MR) is 99.6 cm³/mol. The molecule has 1 rings (SSSR count). The zero-order chi connectivity index (χ0) is 20.1. The first-order chi connectivity index (χ1) is 11.9. The average molecular weight is 385 g/mol. The van der Waals surface area contributed by atoms with Crippen LogP contribution in [0.5, 0.6) is 5.75 Å². The van der Waals surface area contributed by atoms with Crippen LogP contribution in [0.1, 0.15) is 27.2 Å². The number of rotatable bonds is 7. The van der Waals surface area contributed by atoms with Crippen molar-refractivity contribution in [1.29, 1.82) is 0 Å². The van der Waals surface area contributed by atoms with Gasteiger partial charge in [-0.2, -0.15) is 0 Å². The molecule has 146 valence electrons. The number of methoxy groups -OCH3 is 1. The van der Waals surface area contributed by atoms with Crippen LogP contribution in [0.2, 0.25) is 0 Å². The zero-order valence-corrected chi connectivity index (χ0v) is 16.9. The highest BCUT2D eigenvalue weighted by molar-refractivity contribution is 7.89.